The molecular formula is C15H19ClN2O3. The summed E-state index contributed by atoms with van der Waals surface area (Å²) in [6.07, 6.45) is 2.65. The first kappa shape index (κ1) is 15.8. The lowest BCUT2D eigenvalue weighted by molar-refractivity contribution is -0.133. The van der Waals surface area contributed by atoms with E-state index >= 15 is 0 Å². The number of halogens is 1. The molecule has 0 bridgehead atoms. The van der Waals surface area contributed by atoms with Crippen LogP contribution in [-0.2, 0) is 4.79 Å². The molecule has 0 atom stereocenters. The maximum atomic E-state index is 12.1. The number of hydrogen-bond donors (Lipinski definition) is 2. The number of nitrogens with one attached hydrogen (secondary N) is 1. The van der Waals surface area contributed by atoms with E-state index in [9.17, 15) is 14.7 Å². The van der Waals surface area contributed by atoms with E-state index in [2.05, 4.69) is 5.32 Å². The highest BCUT2D eigenvalue weighted by molar-refractivity contribution is 6.34. The van der Waals surface area contributed by atoms with Crippen molar-refractivity contribution in [2.75, 3.05) is 19.4 Å². The van der Waals surface area contributed by atoms with E-state index in [1.807, 2.05) is 0 Å². The summed E-state index contributed by atoms with van der Waals surface area (Å²) in [6.45, 7) is 0. The summed E-state index contributed by atoms with van der Waals surface area (Å²) in [5.41, 5.74) is -0.440. The predicted octanol–water partition coefficient (Wildman–Crippen LogP) is 2.29. The van der Waals surface area contributed by atoms with Crippen LogP contribution in [0.25, 0.3) is 0 Å². The molecule has 0 saturated heterocycles. The molecule has 1 aromatic rings. The number of anilines is 1. The maximum Gasteiger partial charge on any atom is 0.256 e. The largest absolute Gasteiger partial charge is 0.380 e. The molecule has 0 aromatic heterocycles. The quantitative estimate of drug-likeness (QED) is 0.900. The van der Waals surface area contributed by atoms with Crippen LogP contribution in [0.1, 0.15) is 36.0 Å². The third kappa shape index (κ3) is 3.36. The highest BCUT2D eigenvalue weighted by atomic mass is 35.5. The van der Waals surface area contributed by atoms with Gasteiger partial charge in [0.05, 0.1) is 10.6 Å². The van der Waals surface area contributed by atoms with Gasteiger partial charge in [-0.3, -0.25) is 9.59 Å². The summed E-state index contributed by atoms with van der Waals surface area (Å²) < 4.78 is 0. The highest BCUT2D eigenvalue weighted by Crippen LogP contribution is 2.31. The van der Waals surface area contributed by atoms with Crippen LogP contribution in [0.15, 0.2) is 18.2 Å². The second-order valence-corrected chi connectivity index (χ2v) is 5.99. The van der Waals surface area contributed by atoms with Crippen molar-refractivity contribution in [3.05, 3.63) is 28.8 Å². The van der Waals surface area contributed by atoms with Gasteiger partial charge in [0, 0.05) is 19.8 Å². The average molecular weight is 311 g/mol. The van der Waals surface area contributed by atoms with Crippen LogP contribution in [0.3, 0.4) is 0 Å². The van der Waals surface area contributed by atoms with Crippen LogP contribution in [0, 0.1) is 0 Å². The summed E-state index contributed by atoms with van der Waals surface area (Å²) >= 11 is 6.08. The molecule has 0 aliphatic heterocycles. The van der Waals surface area contributed by atoms with Gasteiger partial charge in [0.1, 0.15) is 5.60 Å². The van der Waals surface area contributed by atoms with Crippen molar-refractivity contribution in [1.29, 1.82) is 0 Å². The molecule has 0 heterocycles. The first-order valence-corrected chi connectivity index (χ1v) is 7.26. The molecule has 1 saturated carbocycles. The zero-order valence-electron chi connectivity index (χ0n) is 12.1. The molecule has 1 aliphatic rings. The molecule has 6 heteroatoms. The van der Waals surface area contributed by atoms with Crippen LogP contribution in [0.5, 0.6) is 0 Å². The van der Waals surface area contributed by atoms with Crippen molar-refractivity contribution in [2.45, 2.75) is 31.3 Å². The summed E-state index contributed by atoms with van der Waals surface area (Å²) in [5, 5.41) is 13.1. The van der Waals surface area contributed by atoms with E-state index in [0.29, 0.717) is 24.1 Å². The summed E-state index contributed by atoms with van der Waals surface area (Å²) in [7, 11) is 3.29. The van der Waals surface area contributed by atoms with Gasteiger partial charge in [-0.1, -0.05) is 11.6 Å². The molecule has 1 aromatic carbocycles. The Balaban J connectivity index is 2.14. The fraction of sp³-hybridized carbons (Fsp3) is 0.467. The minimum atomic E-state index is -1.29. The lowest BCUT2D eigenvalue weighted by Gasteiger charge is -2.21. The zero-order valence-corrected chi connectivity index (χ0v) is 12.9. The van der Waals surface area contributed by atoms with Crippen LogP contribution in [0.4, 0.5) is 5.69 Å². The topological polar surface area (TPSA) is 69.6 Å². The van der Waals surface area contributed by atoms with Gasteiger partial charge in [0.15, 0.2) is 0 Å². The van der Waals surface area contributed by atoms with Gasteiger partial charge in [0.25, 0.3) is 11.8 Å². The molecular weight excluding hydrogens is 292 g/mol. The normalized spacial score (nSPS) is 16.6. The van der Waals surface area contributed by atoms with E-state index in [-0.39, 0.29) is 10.9 Å². The summed E-state index contributed by atoms with van der Waals surface area (Å²) in [4.78, 5) is 25.4. The van der Waals surface area contributed by atoms with Gasteiger partial charge in [0.2, 0.25) is 0 Å². The number of nitrogens with zero attached hydrogens (tertiary/aromatic N) is 1. The standard InChI is InChI=1S/C15H19ClN2O3/c1-18(2)13(19)11-6-5-10(9-12(11)16)17-14(20)15(21)7-3-4-8-15/h5-6,9,21H,3-4,7-8H2,1-2H3,(H,17,20). The Bertz CT molecular complexity index is 566. The molecule has 2 rings (SSSR count). The third-order valence-corrected chi connectivity index (χ3v) is 4.03. The number of amides is 2. The van der Waals surface area contributed by atoms with Crippen LogP contribution < -0.4 is 5.32 Å². The molecule has 0 spiro atoms. The number of rotatable bonds is 3. The smallest absolute Gasteiger partial charge is 0.256 e. The van der Waals surface area contributed by atoms with Crippen molar-refractivity contribution in [1.82, 2.24) is 4.90 Å². The van der Waals surface area contributed by atoms with E-state index in [1.165, 1.54) is 11.0 Å². The lowest BCUT2D eigenvalue weighted by Crippen LogP contribution is -2.40. The maximum absolute atomic E-state index is 12.1. The summed E-state index contributed by atoms with van der Waals surface area (Å²) in [5.74, 6) is -0.616. The molecule has 21 heavy (non-hydrogen) atoms. The molecule has 0 unspecified atom stereocenters. The van der Waals surface area contributed by atoms with Crippen molar-refractivity contribution in [3.63, 3.8) is 0 Å². The van der Waals surface area contributed by atoms with Gasteiger partial charge in [-0.15, -0.1) is 0 Å². The molecule has 5 nitrogen and oxygen atoms in total. The Morgan fingerprint density at radius 2 is 1.90 bits per heavy atom. The number of carbonyl (C=O) groups is 2. The third-order valence-electron chi connectivity index (χ3n) is 3.72. The molecule has 2 amide bonds. The fourth-order valence-electron chi connectivity index (χ4n) is 2.44. The van der Waals surface area contributed by atoms with E-state index < -0.39 is 11.5 Å². The Morgan fingerprint density at radius 1 is 1.29 bits per heavy atom. The van der Waals surface area contributed by atoms with Crippen LogP contribution in [0.2, 0.25) is 5.02 Å². The Hall–Kier alpha value is -1.59. The van der Waals surface area contributed by atoms with E-state index in [1.54, 1.807) is 26.2 Å². The Labute approximate surface area is 128 Å². The van der Waals surface area contributed by atoms with Gasteiger partial charge in [-0.05, 0) is 43.9 Å². The van der Waals surface area contributed by atoms with E-state index in [4.69, 9.17) is 11.6 Å². The SMILES string of the molecule is CN(C)C(=O)c1ccc(NC(=O)C2(O)CCCC2)cc1Cl. The molecule has 114 valence electrons. The van der Waals surface area contributed by atoms with Crippen molar-refractivity contribution in [2.24, 2.45) is 0 Å². The van der Waals surface area contributed by atoms with Gasteiger partial charge in [-0.25, -0.2) is 0 Å². The fourth-order valence-corrected chi connectivity index (χ4v) is 2.70. The monoisotopic (exact) mass is 310 g/mol. The van der Waals surface area contributed by atoms with Crippen molar-refractivity contribution < 1.29 is 14.7 Å². The first-order chi connectivity index (χ1) is 9.83. The second kappa shape index (κ2) is 6.03. The first-order valence-electron chi connectivity index (χ1n) is 6.88. The Kier molecular flexibility index (Phi) is 4.54. The number of benzene rings is 1. The van der Waals surface area contributed by atoms with Crippen molar-refractivity contribution >= 4 is 29.1 Å². The van der Waals surface area contributed by atoms with E-state index in [0.717, 1.165) is 12.8 Å². The number of carbonyl (C=O) groups excluding carboxylic acids is 2. The minimum Gasteiger partial charge on any atom is -0.380 e. The molecule has 1 fully saturated rings. The van der Waals surface area contributed by atoms with Crippen LogP contribution in [-0.4, -0.2) is 41.5 Å². The molecule has 2 N–H and O–H groups in total. The second-order valence-electron chi connectivity index (χ2n) is 5.59. The average Bonchev–Trinajstić information content (AvgIpc) is 2.86. The molecule has 1 aliphatic carbocycles. The highest BCUT2D eigenvalue weighted by Gasteiger charge is 2.38. The number of aliphatic hydroxyl groups is 1. The van der Waals surface area contributed by atoms with Gasteiger partial charge in [-0.2, -0.15) is 0 Å². The Morgan fingerprint density at radius 3 is 2.43 bits per heavy atom. The zero-order chi connectivity index (χ0) is 15.6. The minimum absolute atomic E-state index is 0.202. The van der Waals surface area contributed by atoms with Crippen molar-refractivity contribution in [3.8, 4) is 0 Å². The molecule has 0 radical (unpaired) electrons. The van der Waals surface area contributed by atoms with Gasteiger partial charge < -0.3 is 15.3 Å². The summed E-state index contributed by atoms with van der Waals surface area (Å²) in [6, 6.07) is 4.70. The van der Waals surface area contributed by atoms with Gasteiger partial charge >= 0.3 is 0 Å². The predicted molar refractivity (Wildman–Crippen MR) is 81.5 cm³/mol. The van der Waals surface area contributed by atoms with Crippen LogP contribution >= 0.6 is 11.6 Å². The number of hydrogen-bond acceptors (Lipinski definition) is 3. The lowest BCUT2D eigenvalue weighted by atomic mass is 10.0.